The second kappa shape index (κ2) is 20.7. The maximum Gasteiger partial charge on any atom is 0.418 e. The number of hydrogen-bond acceptors (Lipinski definition) is 11. The lowest BCUT2D eigenvalue weighted by atomic mass is 9.78. The number of aromatic nitrogens is 3. The predicted molar refractivity (Wildman–Crippen MR) is 224 cm³/mol. The van der Waals surface area contributed by atoms with Gasteiger partial charge in [0.1, 0.15) is 0 Å². The summed E-state index contributed by atoms with van der Waals surface area (Å²) in [7, 11) is 0. The Hall–Kier alpha value is -4.65. The summed E-state index contributed by atoms with van der Waals surface area (Å²) in [4.78, 5) is 63.5. The Kier molecular flexibility index (Phi) is 15.1. The van der Waals surface area contributed by atoms with Crippen molar-refractivity contribution in [3.8, 4) is 11.4 Å². The molecule has 7 rings (SSSR count). The molecule has 1 aromatic heterocycles. The van der Waals surface area contributed by atoms with E-state index in [1.54, 1.807) is 4.90 Å². The predicted octanol–water partition coefficient (Wildman–Crippen LogP) is 5.09. The summed E-state index contributed by atoms with van der Waals surface area (Å²) >= 11 is 6.15. The molecule has 4 fully saturated rings. The number of H-pyrrole nitrogens is 1. The van der Waals surface area contributed by atoms with E-state index in [0.717, 1.165) is 89.7 Å². The number of ether oxygens (including phenoxy) is 3. The fourth-order valence-electron chi connectivity index (χ4n) is 9.12. The third-order valence-corrected chi connectivity index (χ3v) is 13.0. The molecule has 62 heavy (non-hydrogen) atoms. The number of morpholine rings is 1. The number of nitrogens with one attached hydrogen (secondary N) is 1. The van der Waals surface area contributed by atoms with Crippen LogP contribution >= 0.6 is 11.6 Å². The average molecular weight is 889 g/mol. The highest BCUT2D eigenvalue weighted by Gasteiger charge is 2.38. The van der Waals surface area contributed by atoms with E-state index in [0.29, 0.717) is 50.2 Å². The topological polar surface area (TPSA) is 169 Å². The van der Waals surface area contributed by atoms with Crippen LogP contribution in [0.25, 0.3) is 11.4 Å². The van der Waals surface area contributed by atoms with Gasteiger partial charge in [0.25, 0.3) is 5.91 Å². The van der Waals surface area contributed by atoms with E-state index < -0.39 is 35.5 Å². The van der Waals surface area contributed by atoms with E-state index in [4.69, 9.17) is 31.5 Å². The molecule has 0 radical (unpaired) electrons. The van der Waals surface area contributed by atoms with Gasteiger partial charge in [-0.15, -0.1) is 5.10 Å². The smallest absolute Gasteiger partial charge is 0.418 e. The Morgan fingerprint density at radius 2 is 1.53 bits per heavy atom. The van der Waals surface area contributed by atoms with E-state index in [9.17, 15) is 32.3 Å². The number of carbonyl (C=O) groups is 3. The first-order valence-corrected chi connectivity index (χ1v) is 22.0. The maximum absolute atomic E-state index is 14.2. The number of likely N-dealkylation sites (tertiary alicyclic amines) is 3. The van der Waals surface area contributed by atoms with Crippen LogP contribution in [0.3, 0.4) is 0 Å². The van der Waals surface area contributed by atoms with Crippen molar-refractivity contribution in [1.82, 2.24) is 34.4 Å². The van der Waals surface area contributed by atoms with Crippen molar-refractivity contribution in [2.45, 2.75) is 69.7 Å². The van der Waals surface area contributed by atoms with Gasteiger partial charge in [-0.2, -0.15) is 13.2 Å². The zero-order valence-electron chi connectivity index (χ0n) is 34.8. The van der Waals surface area contributed by atoms with Gasteiger partial charge in [0.15, 0.2) is 11.9 Å². The lowest BCUT2D eigenvalue weighted by Gasteiger charge is -2.40. The number of rotatable bonds is 13. The SMILES string of the molecule is Nc1c(Cl)cc(C[C@@H](OC(=O)N2CCC(n3nc(-c4ccccc4)[nH]c3=O)CC2)C(=O)N2CCC(C3CCN(CC(=O)OCCCN4CCOCC4)CC3)CC2)cc1C(F)(F)F. The number of nitrogens with zero attached hydrogens (tertiary/aromatic N) is 6. The first-order chi connectivity index (χ1) is 29.8. The summed E-state index contributed by atoms with van der Waals surface area (Å²) in [5, 5.41) is 4.18. The van der Waals surface area contributed by atoms with Crippen LogP contribution in [0, 0.1) is 11.8 Å². The Balaban J connectivity index is 0.923. The number of hydrogen-bond donors (Lipinski definition) is 2. The second-order valence-corrected chi connectivity index (χ2v) is 17.1. The summed E-state index contributed by atoms with van der Waals surface area (Å²) in [5.74, 6) is 0.501. The molecule has 5 heterocycles. The number of halogens is 4. The first-order valence-electron chi connectivity index (χ1n) is 21.6. The summed E-state index contributed by atoms with van der Waals surface area (Å²) in [5.41, 5.74) is 4.37. The lowest BCUT2D eigenvalue weighted by molar-refractivity contribution is -0.145. The van der Waals surface area contributed by atoms with Crippen molar-refractivity contribution in [3.05, 3.63) is 69.1 Å². The lowest BCUT2D eigenvalue weighted by Crippen LogP contribution is -2.49. The first kappa shape index (κ1) is 45.4. The van der Waals surface area contributed by atoms with Crippen LogP contribution in [0.2, 0.25) is 5.02 Å². The number of amides is 2. The number of nitrogens with two attached hydrogens (primary N) is 1. The van der Waals surface area contributed by atoms with E-state index in [1.807, 2.05) is 30.3 Å². The molecule has 0 aliphatic carbocycles. The Morgan fingerprint density at radius 3 is 2.19 bits per heavy atom. The summed E-state index contributed by atoms with van der Waals surface area (Å²) < 4.78 is 60.0. The second-order valence-electron chi connectivity index (χ2n) is 16.7. The Morgan fingerprint density at radius 1 is 0.887 bits per heavy atom. The third kappa shape index (κ3) is 11.7. The minimum Gasteiger partial charge on any atom is -0.465 e. The third-order valence-electron chi connectivity index (χ3n) is 12.7. The highest BCUT2D eigenvalue weighted by Crippen LogP contribution is 2.39. The van der Waals surface area contributed by atoms with Gasteiger partial charge in [-0.05, 0) is 87.6 Å². The van der Waals surface area contributed by atoms with Crippen molar-refractivity contribution < 1.29 is 41.8 Å². The zero-order valence-corrected chi connectivity index (χ0v) is 35.6. The van der Waals surface area contributed by atoms with Gasteiger partial charge in [-0.3, -0.25) is 24.4 Å². The highest BCUT2D eigenvalue weighted by molar-refractivity contribution is 6.33. The van der Waals surface area contributed by atoms with E-state index in [1.165, 1.54) is 15.6 Å². The number of esters is 1. The van der Waals surface area contributed by atoms with Gasteiger partial charge >= 0.3 is 23.9 Å². The molecule has 3 N–H and O–H groups in total. The van der Waals surface area contributed by atoms with Gasteiger partial charge in [0.05, 0.1) is 48.7 Å². The van der Waals surface area contributed by atoms with E-state index in [2.05, 4.69) is 19.9 Å². The number of anilines is 1. The van der Waals surface area contributed by atoms with E-state index in [-0.39, 0.29) is 54.3 Å². The molecule has 15 nitrogen and oxygen atoms in total. The zero-order chi connectivity index (χ0) is 43.8. The Labute approximate surface area is 363 Å². The highest BCUT2D eigenvalue weighted by atomic mass is 35.5. The van der Waals surface area contributed by atoms with Gasteiger partial charge in [-0.25, -0.2) is 14.3 Å². The molecule has 338 valence electrons. The summed E-state index contributed by atoms with van der Waals surface area (Å²) in [6, 6.07) is 11.1. The fraction of sp³-hybridized carbons (Fsp3) is 0.605. The molecule has 0 unspecified atom stereocenters. The normalized spacial score (nSPS) is 19.7. The van der Waals surface area contributed by atoms with Crippen LogP contribution in [0.1, 0.15) is 62.1 Å². The molecule has 0 saturated carbocycles. The van der Waals surface area contributed by atoms with Crippen molar-refractivity contribution in [1.29, 1.82) is 0 Å². The molecular weight excluding hydrogens is 833 g/mol. The molecule has 19 heteroatoms. The van der Waals surface area contributed by atoms with Crippen molar-refractivity contribution >= 4 is 35.3 Å². The van der Waals surface area contributed by atoms with Crippen molar-refractivity contribution in [2.75, 3.05) is 91.0 Å². The summed E-state index contributed by atoms with van der Waals surface area (Å²) in [6.07, 6.45) is -2.50. The van der Waals surface area contributed by atoms with Gasteiger partial charge in [-0.1, -0.05) is 41.9 Å². The number of alkyl halides is 3. The number of carbonyl (C=O) groups excluding carboxylic acids is 3. The minimum absolute atomic E-state index is 0.0482. The molecule has 0 spiro atoms. The molecular formula is C43H56ClF3N8O7. The van der Waals surface area contributed by atoms with Crippen LogP contribution in [0.5, 0.6) is 0 Å². The standard InChI is InChI=1S/C43H56ClF3N8O7/c44-35-26-29(25-34(38(35)48)43(45,46)47)27-36(62-42(59)54-18-11-33(12-19-54)55-41(58)49-39(50-55)32-5-2-1-3-6-32)40(57)53-16-9-31(10-17-53)30-7-14-52(15-8-30)28-37(56)61-22-4-13-51-20-23-60-24-21-51/h1-3,5-6,25-26,30-31,33,36H,4,7-24,27-28,48H2,(H,49,50,58)/t36-/m1/s1. The number of piperidine rings is 3. The average Bonchev–Trinajstić information content (AvgIpc) is 3.67. The molecule has 4 saturated heterocycles. The van der Waals surface area contributed by atoms with Crippen LogP contribution in [-0.2, 0) is 36.4 Å². The quantitative estimate of drug-likeness (QED) is 0.133. The molecule has 3 aromatic rings. The van der Waals surface area contributed by atoms with Crippen LogP contribution in [0.4, 0.5) is 23.7 Å². The summed E-state index contributed by atoms with van der Waals surface area (Å²) in [6.45, 7) is 7.60. The van der Waals surface area contributed by atoms with Gasteiger partial charge in [0, 0.05) is 57.8 Å². The fourth-order valence-corrected chi connectivity index (χ4v) is 9.37. The monoisotopic (exact) mass is 888 g/mol. The van der Waals surface area contributed by atoms with E-state index >= 15 is 0 Å². The van der Waals surface area contributed by atoms with Crippen LogP contribution in [-0.4, -0.2) is 144 Å². The number of benzene rings is 2. The molecule has 4 aliphatic heterocycles. The Bertz CT molecular complexity index is 2040. The number of nitrogen functional groups attached to an aromatic ring is 1. The van der Waals surface area contributed by atoms with Crippen molar-refractivity contribution in [2.24, 2.45) is 11.8 Å². The molecule has 2 amide bonds. The molecule has 4 aliphatic rings. The molecule has 1 atom stereocenters. The number of aromatic amines is 1. The maximum atomic E-state index is 14.2. The minimum atomic E-state index is -4.80. The molecule has 2 aromatic carbocycles. The van der Waals surface area contributed by atoms with Crippen molar-refractivity contribution in [3.63, 3.8) is 0 Å². The largest absolute Gasteiger partial charge is 0.465 e. The van der Waals surface area contributed by atoms with Crippen LogP contribution < -0.4 is 11.4 Å². The van der Waals surface area contributed by atoms with Gasteiger partial charge < -0.3 is 29.7 Å². The van der Waals surface area contributed by atoms with Crippen LogP contribution in [0.15, 0.2) is 47.3 Å². The molecule has 0 bridgehead atoms. The van der Waals surface area contributed by atoms with Gasteiger partial charge in [0.2, 0.25) is 0 Å².